The van der Waals surface area contributed by atoms with E-state index in [9.17, 15) is 13.2 Å². The van der Waals surface area contributed by atoms with Crippen LogP contribution in [-0.2, 0) is 12.6 Å². The summed E-state index contributed by atoms with van der Waals surface area (Å²) in [6, 6.07) is 12.5. The second kappa shape index (κ2) is 8.35. The fraction of sp³-hybridized carbons (Fsp3) is 0.238. The number of rotatable bonds is 6. The Morgan fingerprint density at radius 2 is 1.80 bits per heavy atom. The van der Waals surface area contributed by atoms with Gasteiger partial charge in [-0.05, 0) is 37.5 Å². The number of nitrogens with one attached hydrogen (secondary N) is 1. The molecule has 0 saturated carbocycles. The highest BCUT2D eigenvalue weighted by Crippen LogP contribution is 2.31. The molecule has 4 aromatic rings. The third-order valence-corrected chi connectivity index (χ3v) is 5.33. The molecule has 9 heteroatoms. The molecule has 3 aromatic heterocycles. The van der Waals surface area contributed by atoms with Crippen molar-refractivity contribution >= 4 is 27.5 Å². The number of hydrogen-bond donors (Lipinski definition) is 1. The molecule has 0 aliphatic rings. The summed E-state index contributed by atoms with van der Waals surface area (Å²) in [5, 5.41) is 4.14. The van der Waals surface area contributed by atoms with Crippen molar-refractivity contribution in [3.63, 3.8) is 0 Å². The maximum absolute atomic E-state index is 12.8. The number of pyridine rings is 1. The van der Waals surface area contributed by atoms with E-state index in [-0.39, 0.29) is 11.5 Å². The largest absolute Gasteiger partial charge is 0.417 e. The van der Waals surface area contributed by atoms with Crippen molar-refractivity contribution in [3.05, 3.63) is 64.8 Å². The lowest BCUT2D eigenvalue weighted by Crippen LogP contribution is -2.08. The maximum Gasteiger partial charge on any atom is 0.417 e. The van der Waals surface area contributed by atoms with Gasteiger partial charge in [0.2, 0.25) is 0 Å². The van der Waals surface area contributed by atoms with Gasteiger partial charge in [-0.1, -0.05) is 41.7 Å². The van der Waals surface area contributed by atoms with Crippen LogP contribution in [0.3, 0.4) is 0 Å². The lowest BCUT2D eigenvalue weighted by atomic mass is 10.1. The molecule has 0 amide bonds. The van der Waals surface area contributed by atoms with E-state index in [1.807, 2.05) is 25.1 Å². The molecule has 0 saturated heterocycles. The average Bonchev–Trinajstić information content (AvgIpc) is 3.11. The van der Waals surface area contributed by atoms with Gasteiger partial charge in [-0.15, -0.1) is 0 Å². The van der Waals surface area contributed by atoms with Crippen LogP contribution in [0, 0.1) is 6.92 Å². The summed E-state index contributed by atoms with van der Waals surface area (Å²) in [7, 11) is 0. The number of aromatic nitrogens is 4. The van der Waals surface area contributed by atoms with Gasteiger partial charge in [0.25, 0.3) is 0 Å². The summed E-state index contributed by atoms with van der Waals surface area (Å²) in [6.07, 6.45) is -1.82. The summed E-state index contributed by atoms with van der Waals surface area (Å²) in [4.78, 5) is 18.0. The van der Waals surface area contributed by atoms with Crippen LogP contribution in [-0.4, -0.2) is 26.5 Å². The zero-order valence-electron chi connectivity index (χ0n) is 16.1. The van der Waals surface area contributed by atoms with Crippen LogP contribution in [0.5, 0.6) is 0 Å². The number of halogens is 3. The molecule has 0 aliphatic carbocycles. The van der Waals surface area contributed by atoms with Crippen LogP contribution in [0.4, 0.5) is 19.0 Å². The van der Waals surface area contributed by atoms with Crippen LogP contribution in [0.25, 0.3) is 21.9 Å². The van der Waals surface area contributed by atoms with Crippen molar-refractivity contribution in [2.45, 2.75) is 25.9 Å². The Kier molecular flexibility index (Phi) is 5.63. The highest BCUT2D eigenvalue weighted by atomic mass is 32.1. The van der Waals surface area contributed by atoms with E-state index < -0.39 is 11.7 Å². The second-order valence-corrected chi connectivity index (χ2v) is 7.91. The van der Waals surface area contributed by atoms with Crippen molar-refractivity contribution < 1.29 is 13.2 Å². The van der Waals surface area contributed by atoms with Crippen LogP contribution in [0.1, 0.15) is 22.6 Å². The summed E-state index contributed by atoms with van der Waals surface area (Å²) in [5.74, 6) is 0.833. The van der Waals surface area contributed by atoms with E-state index in [4.69, 9.17) is 0 Å². The van der Waals surface area contributed by atoms with Gasteiger partial charge < -0.3 is 5.32 Å². The second-order valence-electron chi connectivity index (χ2n) is 6.73. The minimum atomic E-state index is -4.43. The normalized spacial score (nSPS) is 11.7. The molecule has 154 valence electrons. The zero-order chi connectivity index (χ0) is 21.1. The maximum atomic E-state index is 12.8. The van der Waals surface area contributed by atoms with E-state index in [1.54, 1.807) is 0 Å². The molecule has 3 heterocycles. The Labute approximate surface area is 175 Å². The number of thiazole rings is 1. The van der Waals surface area contributed by atoms with Crippen molar-refractivity contribution in [1.29, 1.82) is 0 Å². The molecule has 0 bridgehead atoms. The molecule has 1 N–H and O–H groups in total. The first-order valence-electron chi connectivity index (χ1n) is 9.37. The smallest absolute Gasteiger partial charge is 0.368 e. The number of benzene rings is 1. The van der Waals surface area contributed by atoms with Gasteiger partial charge in [0.15, 0.2) is 11.6 Å². The van der Waals surface area contributed by atoms with Gasteiger partial charge in [0.05, 0.1) is 10.6 Å². The summed E-state index contributed by atoms with van der Waals surface area (Å²) < 4.78 is 38.4. The summed E-state index contributed by atoms with van der Waals surface area (Å²) in [6.45, 7) is 2.55. The molecule has 0 atom stereocenters. The van der Waals surface area contributed by atoms with Crippen LogP contribution >= 0.6 is 11.3 Å². The summed E-state index contributed by atoms with van der Waals surface area (Å²) in [5.41, 5.74) is 1.39. The van der Waals surface area contributed by atoms with Gasteiger partial charge in [-0.2, -0.15) is 13.2 Å². The number of hydrogen-bond acceptors (Lipinski definition) is 6. The molecular formula is C21H18F3N5S. The number of nitrogens with zero attached hydrogens (tertiary/aromatic N) is 4. The fourth-order valence-electron chi connectivity index (χ4n) is 3.00. The summed E-state index contributed by atoms with van der Waals surface area (Å²) >= 11 is 1.41. The van der Waals surface area contributed by atoms with Crippen molar-refractivity contribution in [3.8, 4) is 11.5 Å². The average molecular weight is 429 g/mol. The van der Waals surface area contributed by atoms with E-state index in [2.05, 4.69) is 37.4 Å². The number of aryl methyl sites for hydroxylation is 2. The molecule has 30 heavy (non-hydrogen) atoms. The highest BCUT2D eigenvalue weighted by Gasteiger charge is 2.30. The first-order valence-corrected chi connectivity index (χ1v) is 10.2. The standard InChI is InChI=1S/C21H18F3N5S/c1-13-27-17-19(25-11-5-8-14-6-3-2-4-7-14)28-18(29-20(17)30-13)16-10-9-15(12-26-16)21(22,23)24/h2-4,6-7,9-10,12H,5,8,11H2,1H3,(H,25,28,29). The Hall–Kier alpha value is -3.07. The highest BCUT2D eigenvalue weighted by molar-refractivity contribution is 7.18. The van der Waals surface area contributed by atoms with E-state index >= 15 is 0 Å². The lowest BCUT2D eigenvalue weighted by molar-refractivity contribution is -0.137. The van der Waals surface area contributed by atoms with Gasteiger partial charge in [0.1, 0.15) is 16.0 Å². The first kappa shape index (κ1) is 20.2. The molecule has 0 unspecified atom stereocenters. The topological polar surface area (TPSA) is 63.6 Å². The molecule has 0 fully saturated rings. The number of alkyl halides is 3. The Balaban J connectivity index is 1.56. The molecule has 5 nitrogen and oxygen atoms in total. The van der Waals surface area contributed by atoms with Crippen molar-refractivity contribution in [2.24, 2.45) is 0 Å². The fourth-order valence-corrected chi connectivity index (χ4v) is 3.79. The predicted molar refractivity (Wildman–Crippen MR) is 111 cm³/mol. The van der Waals surface area contributed by atoms with Crippen LogP contribution < -0.4 is 5.32 Å². The van der Waals surface area contributed by atoms with Gasteiger partial charge in [0, 0.05) is 12.7 Å². The molecule has 0 spiro atoms. The SMILES string of the molecule is Cc1nc2c(NCCCc3ccccc3)nc(-c3ccc(C(F)(F)F)cn3)nc2s1. The molecule has 1 aromatic carbocycles. The quantitative estimate of drug-likeness (QED) is 0.409. The molecule has 0 radical (unpaired) electrons. The Morgan fingerprint density at radius 1 is 1.00 bits per heavy atom. The minimum Gasteiger partial charge on any atom is -0.368 e. The van der Waals surface area contributed by atoms with Crippen LogP contribution in [0.15, 0.2) is 48.7 Å². The van der Waals surface area contributed by atoms with Gasteiger partial charge >= 0.3 is 6.18 Å². The Morgan fingerprint density at radius 3 is 2.50 bits per heavy atom. The number of anilines is 1. The van der Waals surface area contributed by atoms with E-state index in [0.29, 0.717) is 22.7 Å². The van der Waals surface area contributed by atoms with E-state index in [1.165, 1.54) is 23.0 Å². The molecular weight excluding hydrogens is 411 g/mol. The van der Waals surface area contributed by atoms with E-state index in [0.717, 1.165) is 30.1 Å². The first-order chi connectivity index (χ1) is 14.4. The predicted octanol–water partition coefficient (Wildman–Crippen LogP) is 5.52. The van der Waals surface area contributed by atoms with Crippen molar-refractivity contribution in [1.82, 2.24) is 19.9 Å². The van der Waals surface area contributed by atoms with Gasteiger partial charge in [-0.25, -0.2) is 15.0 Å². The Bertz CT molecular complexity index is 1140. The zero-order valence-corrected chi connectivity index (χ0v) is 16.9. The lowest BCUT2D eigenvalue weighted by Gasteiger charge is -2.09. The number of fused-ring (bicyclic) bond motifs is 1. The van der Waals surface area contributed by atoms with Gasteiger partial charge in [-0.3, -0.25) is 4.98 Å². The third-order valence-electron chi connectivity index (χ3n) is 4.46. The minimum absolute atomic E-state index is 0.269. The van der Waals surface area contributed by atoms with Crippen molar-refractivity contribution in [2.75, 3.05) is 11.9 Å². The monoisotopic (exact) mass is 429 g/mol. The molecule has 0 aliphatic heterocycles. The third kappa shape index (κ3) is 4.56. The molecule has 4 rings (SSSR count). The van der Waals surface area contributed by atoms with Crippen LogP contribution in [0.2, 0.25) is 0 Å².